The largest absolute Gasteiger partial charge is 0.353 e. The van der Waals surface area contributed by atoms with E-state index in [1.807, 2.05) is 0 Å². The monoisotopic (exact) mass is 288 g/mol. The van der Waals surface area contributed by atoms with Crippen molar-refractivity contribution < 1.29 is 4.79 Å². The number of hydrogen-bond acceptors (Lipinski definition) is 2. The molecule has 0 aromatic rings. The molecule has 0 bridgehead atoms. The molecule has 0 aromatic heterocycles. The topological polar surface area (TPSA) is 41.1 Å². The Hall–Kier alpha value is -0.280. The van der Waals surface area contributed by atoms with E-state index in [2.05, 4.69) is 17.6 Å². The van der Waals surface area contributed by atoms with Crippen molar-refractivity contribution in [1.82, 2.24) is 10.6 Å². The van der Waals surface area contributed by atoms with Crippen LogP contribution < -0.4 is 10.6 Å². The molecule has 1 aliphatic carbocycles. The van der Waals surface area contributed by atoms with Gasteiger partial charge < -0.3 is 10.6 Å². The fourth-order valence-electron chi connectivity index (χ4n) is 3.39. The summed E-state index contributed by atoms with van der Waals surface area (Å²) in [4.78, 5) is 11.9. The molecule has 1 aliphatic heterocycles. The summed E-state index contributed by atoms with van der Waals surface area (Å²) in [6.45, 7) is 3.31. The minimum Gasteiger partial charge on any atom is -0.353 e. The van der Waals surface area contributed by atoms with Gasteiger partial charge in [0.1, 0.15) is 0 Å². The third-order valence-corrected chi connectivity index (χ3v) is 4.63. The summed E-state index contributed by atoms with van der Waals surface area (Å²) in [5.41, 5.74) is 0. The highest BCUT2D eigenvalue weighted by atomic mass is 35.5. The van der Waals surface area contributed by atoms with Gasteiger partial charge in [0.2, 0.25) is 5.91 Å². The molecular formula is C15H29ClN2O. The van der Waals surface area contributed by atoms with Crippen LogP contribution in [-0.2, 0) is 4.79 Å². The average molecular weight is 289 g/mol. The van der Waals surface area contributed by atoms with Crippen LogP contribution >= 0.6 is 12.4 Å². The second-order valence-corrected chi connectivity index (χ2v) is 6.09. The highest BCUT2D eigenvalue weighted by Gasteiger charge is 2.22. The van der Waals surface area contributed by atoms with Gasteiger partial charge in [0, 0.05) is 18.5 Å². The summed E-state index contributed by atoms with van der Waals surface area (Å²) in [6.07, 6.45) is 10.9. The molecule has 4 heteroatoms. The van der Waals surface area contributed by atoms with Gasteiger partial charge in [-0.25, -0.2) is 0 Å². The highest BCUT2D eigenvalue weighted by molar-refractivity contribution is 5.85. The molecule has 2 unspecified atom stereocenters. The van der Waals surface area contributed by atoms with Crippen molar-refractivity contribution >= 4 is 18.3 Å². The molecule has 1 saturated carbocycles. The van der Waals surface area contributed by atoms with Crippen molar-refractivity contribution in [3.63, 3.8) is 0 Å². The smallest absolute Gasteiger partial charge is 0.220 e. The second-order valence-electron chi connectivity index (χ2n) is 6.09. The molecule has 112 valence electrons. The lowest BCUT2D eigenvalue weighted by atomic mass is 9.84. The van der Waals surface area contributed by atoms with Crippen LogP contribution in [0.4, 0.5) is 0 Å². The van der Waals surface area contributed by atoms with E-state index in [9.17, 15) is 4.79 Å². The second kappa shape index (κ2) is 8.80. The Morgan fingerprint density at radius 2 is 1.95 bits per heavy atom. The van der Waals surface area contributed by atoms with Crippen LogP contribution in [-0.4, -0.2) is 24.5 Å². The molecule has 1 amide bonds. The first-order valence-electron chi connectivity index (χ1n) is 7.78. The van der Waals surface area contributed by atoms with Gasteiger partial charge in [0.05, 0.1) is 0 Å². The Morgan fingerprint density at radius 3 is 2.58 bits per heavy atom. The van der Waals surface area contributed by atoms with Crippen molar-refractivity contribution in [2.75, 3.05) is 6.54 Å². The van der Waals surface area contributed by atoms with Crippen LogP contribution in [0.3, 0.4) is 0 Å². The van der Waals surface area contributed by atoms with Gasteiger partial charge in [-0.2, -0.15) is 0 Å². The maximum Gasteiger partial charge on any atom is 0.220 e. The minimum atomic E-state index is 0. The summed E-state index contributed by atoms with van der Waals surface area (Å²) in [5.74, 6) is 0.967. The third-order valence-electron chi connectivity index (χ3n) is 4.63. The fourth-order valence-corrected chi connectivity index (χ4v) is 3.39. The van der Waals surface area contributed by atoms with E-state index >= 15 is 0 Å². The fraction of sp³-hybridized carbons (Fsp3) is 0.933. The molecule has 2 fully saturated rings. The van der Waals surface area contributed by atoms with Crippen molar-refractivity contribution in [2.45, 2.75) is 76.8 Å². The van der Waals surface area contributed by atoms with Crippen LogP contribution in [0.5, 0.6) is 0 Å². The Balaban J connectivity index is 0.00000180. The molecule has 3 nitrogen and oxygen atoms in total. The molecule has 2 aliphatic rings. The lowest BCUT2D eigenvalue weighted by Crippen LogP contribution is -2.39. The predicted molar refractivity (Wildman–Crippen MR) is 81.7 cm³/mol. The summed E-state index contributed by atoms with van der Waals surface area (Å²) in [7, 11) is 0. The third kappa shape index (κ3) is 5.70. The molecule has 0 spiro atoms. The van der Waals surface area contributed by atoms with Gasteiger partial charge in [-0.3, -0.25) is 4.79 Å². The zero-order valence-electron chi connectivity index (χ0n) is 12.1. The van der Waals surface area contributed by atoms with Gasteiger partial charge in [0.25, 0.3) is 0 Å². The van der Waals surface area contributed by atoms with Crippen LogP contribution in [0.1, 0.15) is 64.7 Å². The van der Waals surface area contributed by atoms with E-state index in [4.69, 9.17) is 0 Å². The Kier molecular flexibility index (Phi) is 7.77. The molecule has 1 saturated heterocycles. The van der Waals surface area contributed by atoms with Crippen LogP contribution in [0, 0.1) is 5.92 Å². The standard InChI is InChI=1S/C15H28N2O.ClH/c1-12(13-6-3-2-4-7-13)17-15(18)10-9-14-8-5-11-16-14;/h12-14,16H,2-11H2,1H3,(H,17,18);1H. The van der Waals surface area contributed by atoms with Gasteiger partial charge in [0.15, 0.2) is 0 Å². The molecule has 2 N–H and O–H groups in total. The summed E-state index contributed by atoms with van der Waals surface area (Å²) in [5, 5.41) is 6.66. The molecule has 2 atom stereocenters. The van der Waals surface area contributed by atoms with Crippen LogP contribution in [0.2, 0.25) is 0 Å². The number of carbonyl (C=O) groups excluding carboxylic acids is 1. The number of rotatable bonds is 5. The van der Waals surface area contributed by atoms with E-state index in [1.165, 1.54) is 44.9 Å². The normalized spacial score (nSPS) is 25.6. The average Bonchev–Trinajstić information content (AvgIpc) is 2.90. The summed E-state index contributed by atoms with van der Waals surface area (Å²) in [6, 6.07) is 0.954. The van der Waals surface area contributed by atoms with Gasteiger partial charge in [-0.05, 0) is 51.5 Å². The van der Waals surface area contributed by atoms with Gasteiger partial charge in [-0.15, -0.1) is 12.4 Å². The molecule has 1 heterocycles. The minimum absolute atomic E-state index is 0. The summed E-state index contributed by atoms with van der Waals surface area (Å²) < 4.78 is 0. The highest BCUT2D eigenvalue weighted by Crippen LogP contribution is 2.26. The number of halogens is 1. The molecule has 19 heavy (non-hydrogen) atoms. The SMILES string of the molecule is CC(NC(=O)CCC1CCCN1)C1CCCCC1.Cl. The maximum atomic E-state index is 11.9. The number of nitrogens with one attached hydrogen (secondary N) is 2. The van der Waals surface area contributed by atoms with Gasteiger partial charge in [-0.1, -0.05) is 19.3 Å². The van der Waals surface area contributed by atoms with E-state index in [1.54, 1.807) is 0 Å². The first kappa shape index (κ1) is 16.8. The van der Waals surface area contributed by atoms with E-state index < -0.39 is 0 Å². The number of hydrogen-bond donors (Lipinski definition) is 2. The van der Waals surface area contributed by atoms with Crippen LogP contribution in [0.25, 0.3) is 0 Å². The molecule has 2 rings (SSSR count). The molecule has 0 aromatic carbocycles. The van der Waals surface area contributed by atoms with E-state index in [0.717, 1.165) is 13.0 Å². The first-order valence-corrected chi connectivity index (χ1v) is 7.78. The van der Waals surface area contributed by atoms with E-state index in [0.29, 0.717) is 24.4 Å². The quantitative estimate of drug-likeness (QED) is 0.816. The zero-order chi connectivity index (χ0) is 12.8. The van der Waals surface area contributed by atoms with Crippen LogP contribution in [0.15, 0.2) is 0 Å². The van der Waals surface area contributed by atoms with Crippen molar-refractivity contribution in [3.05, 3.63) is 0 Å². The predicted octanol–water partition coefficient (Wildman–Crippen LogP) is 3.03. The molecule has 0 radical (unpaired) electrons. The molecular weight excluding hydrogens is 260 g/mol. The van der Waals surface area contributed by atoms with Crippen molar-refractivity contribution in [3.8, 4) is 0 Å². The lowest BCUT2D eigenvalue weighted by molar-refractivity contribution is -0.122. The number of amides is 1. The van der Waals surface area contributed by atoms with Crippen molar-refractivity contribution in [1.29, 1.82) is 0 Å². The first-order chi connectivity index (χ1) is 8.75. The lowest BCUT2D eigenvalue weighted by Gasteiger charge is -2.28. The Bertz CT molecular complexity index is 261. The zero-order valence-corrected chi connectivity index (χ0v) is 12.9. The summed E-state index contributed by atoms with van der Waals surface area (Å²) >= 11 is 0. The Labute approximate surface area is 123 Å². The Morgan fingerprint density at radius 1 is 1.21 bits per heavy atom. The number of carbonyl (C=O) groups is 1. The maximum absolute atomic E-state index is 11.9. The van der Waals surface area contributed by atoms with Gasteiger partial charge >= 0.3 is 0 Å². The van der Waals surface area contributed by atoms with E-state index in [-0.39, 0.29) is 18.3 Å². The van der Waals surface area contributed by atoms with Crippen molar-refractivity contribution in [2.24, 2.45) is 5.92 Å².